The maximum absolute atomic E-state index is 12.4. The lowest BCUT2D eigenvalue weighted by Gasteiger charge is -2.15. The summed E-state index contributed by atoms with van der Waals surface area (Å²) in [6, 6.07) is 16.5. The Morgan fingerprint density at radius 1 is 1.12 bits per heavy atom. The average molecular weight is 321 g/mol. The minimum absolute atomic E-state index is 0.154. The molecule has 122 valence electrons. The van der Waals surface area contributed by atoms with Gasteiger partial charge in [-0.25, -0.2) is 0 Å². The summed E-state index contributed by atoms with van der Waals surface area (Å²) in [6.07, 6.45) is 3.41. The van der Waals surface area contributed by atoms with Gasteiger partial charge in [0, 0.05) is 12.4 Å². The Morgan fingerprint density at radius 3 is 2.58 bits per heavy atom. The number of ether oxygens (including phenoxy) is 1. The fraction of sp³-hybridized carbons (Fsp3) is 0.158. The number of nitrogens with one attached hydrogen (secondary N) is 1. The van der Waals surface area contributed by atoms with Crippen LogP contribution < -0.4 is 10.1 Å². The summed E-state index contributed by atoms with van der Waals surface area (Å²) in [7, 11) is 0. The smallest absolute Gasteiger partial charge is 0.249 e. The first-order valence-electron chi connectivity index (χ1n) is 7.77. The van der Waals surface area contributed by atoms with Crippen molar-refractivity contribution in [1.29, 1.82) is 0 Å². The molecular formula is C19H19N3O2. The van der Waals surface area contributed by atoms with Crippen molar-refractivity contribution in [3.05, 3.63) is 72.6 Å². The van der Waals surface area contributed by atoms with Crippen molar-refractivity contribution in [3.8, 4) is 11.5 Å². The van der Waals surface area contributed by atoms with E-state index in [-0.39, 0.29) is 5.91 Å². The molecule has 0 saturated carbocycles. The maximum Gasteiger partial charge on any atom is 0.249 e. The number of carbonyl (C=O) groups excluding carboxylic acids is 1. The fourth-order valence-electron chi connectivity index (χ4n) is 2.26. The van der Waals surface area contributed by atoms with E-state index in [9.17, 15) is 4.79 Å². The molecule has 3 rings (SSSR count). The number of hydrogen-bond donors (Lipinski definition) is 1. The molecule has 24 heavy (non-hydrogen) atoms. The van der Waals surface area contributed by atoms with Crippen LogP contribution in [0, 0.1) is 6.92 Å². The van der Waals surface area contributed by atoms with E-state index in [1.165, 1.54) is 0 Å². The van der Waals surface area contributed by atoms with Crippen molar-refractivity contribution in [1.82, 2.24) is 9.78 Å². The quantitative estimate of drug-likeness (QED) is 0.767. The number of amides is 1. The van der Waals surface area contributed by atoms with E-state index >= 15 is 0 Å². The van der Waals surface area contributed by atoms with Crippen LogP contribution >= 0.6 is 0 Å². The highest BCUT2D eigenvalue weighted by molar-refractivity contribution is 5.94. The lowest BCUT2D eigenvalue weighted by atomic mass is 10.2. The summed E-state index contributed by atoms with van der Waals surface area (Å²) < 4.78 is 7.51. The van der Waals surface area contributed by atoms with E-state index in [1.54, 1.807) is 30.1 Å². The average Bonchev–Trinajstić information content (AvgIpc) is 3.12. The number of aryl methyl sites for hydroxylation is 1. The third kappa shape index (κ3) is 3.63. The fourth-order valence-corrected chi connectivity index (χ4v) is 2.26. The van der Waals surface area contributed by atoms with Gasteiger partial charge < -0.3 is 10.1 Å². The number of anilines is 1. The molecule has 1 amide bonds. The van der Waals surface area contributed by atoms with E-state index in [1.807, 2.05) is 55.5 Å². The van der Waals surface area contributed by atoms with Crippen molar-refractivity contribution in [2.75, 3.05) is 5.32 Å². The first kappa shape index (κ1) is 15.8. The molecule has 5 nitrogen and oxygen atoms in total. The van der Waals surface area contributed by atoms with Crippen LogP contribution in [-0.4, -0.2) is 15.7 Å². The second-order valence-corrected chi connectivity index (χ2v) is 5.56. The van der Waals surface area contributed by atoms with Gasteiger partial charge >= 0.3 is 0 Å². The molecule has 0 fully saturated rings. The molecule has 3 aromatic rings. The number of nitrogens with zero attached hydrogens (tertiary/aromatic N) is 2. The van der Waals surface area contributed by atoms with E-state index in [2.05, 4.69) is 10.4 Å². The molecule has 1 aromatic heterocycles. The minimum Gasteiger partial charge on any atom is -0.455 e. The van der Waals surface area contributed by atoms with Crippen LogP contribution in [0.3, 0.4) is 0 Å². The van der Waals surface area contributed by atoms with Gasteiger partial charge in [0.2, 0.25) is 5.91 Å². The van der Waals surface area contributed by atoms with Gasteiger partial charge in [-0.05, 0) is 44.2 Å². The Hall–Kier alpha value is -3.08. The Balaban J connectivity index is 1.76. The number of benzene rings is 2. The lowest BCUT2D eigenvalue weighted by Crippen LogP contribution is -2.24. The van der Waals surface area contributed by atoms with Gasteiger partial charge in [0.05, 0.1) is 5.69 Å². The third-order valence-electron chi connectivity index (χ3n) is 3.69. The zero-order valence-corrected chi connectivity index (χ0v) is 13.6. The van der Waals surface area contributed by atoms with Crippen LogP contribution in [-0.2, 0) is 4.79 Å². The third-order valence-corrected chi connectivity index (χ3v) is 3.69. The SMILES string of the molecule is Cc1ccc(Oc2ccccc2NC(=O)C(C)n2cccn2)cc1. The Bertz CT molecular complexity index is 811. The molecule has 0 aliphatic rings. The van der Waals surface area contributed by atoms with Gasteiger partial charge in [-0.15, -0.1) is 0 Å². The largest absolute Gasteiger partial charge is 0.455 e. The number of aromatic nitrogens is 2. The zero-order valence-electron chi connectivity index (χ0n) is 13.6. The van der Waals surface area contributed by atoms with Crippen molar-refractivity contribution in [2.45, 2.75) is 19.9 Å². The predicted molar refractivity (Wildman–Crippen MR) is 93.3 cm³/mol. The molecule has 5 heteroatoms. The van der Waals surface area contributed by atoms with Crippen LogP contribution in [0.15, 0.2) is 67.0 Å². The number of rotatable bonds is 5. The first-order chi connectivity index (χ1) is 11.6. The summed E-state index contributed by atoms with van der Waals surface area (Å²) in [6.45, 7) is 3.82. The number of carbonyl (C=O) groups is 1. The minimum atomic E-state index is -0.410. The van der Waals surface area contributed by atoms with E-state index in [4.69, 9.17) is 4.74 Å². The van der Waals surface area contributed by atoms with Gasteiger partial charge in [0.15, 0.2) is 5.75 Å². The highest BCUT2D eigenvalue weighted by Crippen LogP contribution is 2.29. The molecule has 1 atom stereocenters. The summed E-state index contributed by atoms with van der Waals surface area (Å²) >= 11 is 0. The van der Waals surface area contributed by atoms with Gasteiger partial charge in [-0.3, -0.25) is 9.48 Å². The second kappa shape index (κ2) is 7.00. The molecular weight excluding hydrogens is 302 g/mol. The maximum atomic E-state index is 12.4. The normalized spacial score (nSPS) is 11.8. The van der Waals surface area contributed by atoms with E-state index < -0.39 is 6.04 Å². The summed E-state index contributed by atoms with van der Waals surface area (Å²) in [5, 5.41) is 7.01. The molecule has 1 unspecified atom stereocenters. The zero-order chi connectivity index (χ0) is 16.9. The Kier molecular flexibility index (Phi) is 4.61. The first-order valence-corrected chi connectivity index (χ1v) is 7.77. The summed E-state index contributed by atoms with van der Waals surface area (Å²) in [4.78, 5) is 12.4. The van der Waals surface area contributed by atoms with Crippen molar-refractivity contribution in [2.24, 2.45) is 0 Å². The second-order valence-electron chi connectivity index (χ2n) is 5.56. The summed E-state index contributed by atoms with van der Waals surface area (Å²) in [5.41, 5.74) is 1.79. The molecule has 0 radical (unpaired) electrons. The van der Waals surface area contributed by atoms with Gasteiger partial charge in [-0.1, -0.05) is 29.8 Å². The molecule has 0 aliphatic carbocycles. The van der Waals surface area contributed by atoms with Crippen molar-refractivity contribution >= 4 is 11.6 Å². The standard InChI is InChI=1S/C19H19N3O2/c1-14-8-10-16(11-9-14)24-18-7-4-3-6-17(18)21-19(23)15(2)22-13-5-12-20-22/h3-13,15H,1-2H3,(H,21,23). The lowest BCUT2D eigenvalue weighted by molar-refractivity contribution is -0.119. The molecule has 1 heterocycles. The molecule has 0 aliphatic heterocycles. The number of para-hydroxylation sites is 2. The van der Waals surface area contributed by atoms with E-state index in [0.29, 0.717) is 11.4 Å². The molecule has 2 aromatic carbocycles. The van der Waals surface area contributed by atoms with Crippen LogP contribution in [0.5, 0.6) is 11.5 Å². The van der Waals surface area contributed by atoms with Crippen LogP contribution in [0.25, 0.3) is 0 Å². The molecule has 0 spiro atoms. The van der Waals surface area contributed by atoms with Crippen molar-refractivity contribution < 1.29 is 9.53 Å². The highest BCUT2D eigenvalue weighted by atomic mass is 16.5. The Labute approximate surface area is 140 Å². The molecule has 0 bridgehead atoms. The molecule has 0 saturated heterocycles. The van der Waals surface area contributed by atoms with Crippen LogP contribution in [0.1, 0.15) is 18.5 Å². The van der Waals surface area contributed by atoms with Gasteiger partial charge in [0.1, 0.15) is 11.8 Å². The van der Waals surface area contributed by atoms with Gasteiger partial charge in [-0.2, -0.15) is 5.10 Å². The number of hydrogen-bond acceptors (Lipinski definition) is 3. The van der Waals surface area contributed by atoms with Crippen LogP contribution in [0.4, 0.5) is 5.69 Å². The highest BCUT2D eigenvalue weighted by Gasteiger charge is 2.16. The monoisotopic (exact) mass is 321 g/mol. The topological polar surface area (TPSA) is 56.1 Å². The van der Waals surface area contributed by atoms with E-state index in [0.717, 1.165) is 11.3 Å². The van der Waals surface area contributed by atoms with Gasteiger partial charge in [0.25, 0.3) is 0 Å². The van der Waals surface area contributed by atoms with Crippen molar-refractivity contribution in [3.63, 3.8) is 0 Å². The summed E-state index contributed by atoms with van der Waals surface area (Å²) in [5.74, 6) is 1.17. The Morgan fingerprint density at radius 2 is 1.88 bits per heavy atom. The predicted octanol–water partition coefficient (Wildman–Crippen LogP) is 4.18. The molecule has 1 N–H and O–H groups in total. The van der Waals surface area contributed by atoms with Crippen LogP contribution in [0.2, 0.25) is 0 Å².